The number of nitrogens with one attached hydrogen (secondary N) is 1. The molecular weight excluding hydrogens is 374 g/mol. The molecule has 0 fully saturated rings. The van der Waals surface area contributed by atoms with E-state index in [1.165, 1.54) is 22.3 Å². The number of rotatable bonds is 5. The molecule has 0 bridgehead atoms. The predicted molar refractivity (Wildman–Crippen MR) is 118 cm³/mol. The summed E-state index contributed by atoms with van der Waals surface area (Å²) in [6, 6.07) is 24.5. The van der Waals surface area contributed by atoms with Crippen LogP contribution in [0.25, 0.3) is 28.2 Å². The van der Waals surface area contributed by atoms with Gasteiger partial charge >= 0.3 is 6.09 Å². The maximum absolute atomic E-state index is 12.2. The molecule has 148 valence electrons. The number of hydrogen-bond acceptors (Lipinski definition) is 3. The Morgan fingerprint density at radius 1 is 0.967 bits per heavy atom. The van der Waals surface area contributed by atoms with Crippen LogP contribution >= 0.6 is 0 Å². The van der Waals surface area contributed by atoms with Gasteiger partial charge in [-0.15, -0.1) is 0 Å². The molecule has 4 aromatic rings. The van der Waals surface area contributed by atoms with E-state index in [9.17, 15) is 4.79 Å². The third-order valence-corrected chi connectivity index (χ3v) is 5.49. The lowest BCUT2D eigenvalue weighted by molar-refractivity contribution is 0.144. The molecule has 1 amide bonds. The Labute approximate surface area is 174 Å². The number of hydrogen-bond donors (Lipinski definition) is 1. The van der Waals surface area contributed by atoms with Gasteiger partial charge in [0.25, 0.3) is 0 Å². The molecule has 1 aliphatic carbocycles. The maximum Gasteiger partial charge on any atom is 0.407 e. The normalized spacial score (nSPS) is 12.8. The monoisotopic (exact) mass is 395 g/mol. The van der Waals surface area contributed by atoms with Gasteiger partial charge in [-0.25, -0.2) is 4.79 Å². The molecule has 0 aliphatic heterocycles. The van der Waals surface area contributed by atoms with Gasteiger partial charge < -0.3 is 14.5 Å². The van der Waals surface area contributed by atoms with Crippen LogP contribution < -0.4 is 5.32 Å². The van der Waals surface area contributed by atoms with Crippen LogP contribution in [-0.2, 0) is 4.74 Å². The SMILES string of the molecule is O=C(NCC=Cc1ccc2occc2c1)OCC1c2ccccc2-c2ccccc21. The predicted octanol–water partition coefficient (Wildman–Crippen LogP) is 5.98. The minimum absolute atomic E-state index is 0.0698. The molecular formula is C26H21NO3. The summed E-state index contributed by atoms with van der Waals surface area (Å²) >= 11 is 0. The minimum Gasteiger partial charge on any atom is -0.464 e. The Hall–Kier alpha value is -3.79. The Balaban J connectivity index is 1.18. The smallest absolute Gasteiger partial charge is 0.407 e. The van der Waals surface area contributed by atoms with Gasteiger partial charge in [-0.05, 0) is 46.0 Å². The Morgan fingerprint density at radius 3 is 2.47 bits per heavy atom. The van der Waals surface area contributed by atoms with E-state index < -0.39 is 6.09 Å². The number of benzene rings is 3. The van der Waals surface area contributed by atoms with E-state index in [1.54, 1.807) is 6.26 Å². The molecule has 3 aromatic carbocycles. The van der Waals surface area contributed by atoms with Crippen molar-refractivity contribution in [2.24, 2.45) is 0 Å². The number of furan rings is 1. The minimum atomic E-state index is -0.410. The summed E-state index contributed by atoms with van der Waals surface area (Å²) in [4.78, 5) is 12.2. The second-order valence-electron chi connectivity index (χ2n) is 7.33. The molecule has 30 heavy (non-hydrogen) atoms. The first kappa shape index (κ1) is 18.3. The first-order valence-corrected chi connectivity index (χ1v) is 10.0. The lowest BCUT2D eigenvalue weighted by Crippen LogP contribution is -2.26. The second kappa shape index (κ2) is 7.91. The van der Waals surface area contributed by atoms with E-state index in [0.29, 0.717) is 13.2 Å². The standard InChI is InChI=1S/C26H21NO3/c28-26(27-14-5-6-18-11-12-25-19(16-18)13-15-29-25)30-17-24-22-9-3-1-7-20(22)21-8-2-4-10-23(21)24/h1-13,15-16,24H,14,17H2,(H,27,28). The third kappa shape index (κ3) is 3.48. The average molecular weight is 395 g/mol. The number of alkyl carbamates (subject to hydrolysis) is 1. The molecule has 4 nitrogen and oxygen atoms in total. The van der Waals surface area contributed by atoms with Gasteiger partial charge in [0.05, 0.1) is 6.26 Å². The number of carbonyl (C=O) groups excluding carboxylic acids is 1. The summed E-state index contributed by atoms with van der Waals surface area (Å²) in [6.45, 7) is 0.723. The van der Waals surface area contributed by atoms with Gasteiger partial charge in [0.1, 0.15) is 12.2 Å². The maximum atomic E-state index is 12.2. The quantitative estimate of drug-likeness (QED) is 0.452. The van der Waals surface area contributed by atoms with Crippen molar-refractivity contribution in [3.05, 3.63) is 102 Å². The molecule has 0 spiro atoms. The summed E-state index contributed by atoms with van der Waals surface area (Å²) in [5, 5.41) is 3.85. The van der Waals surface area contributed by atoms with E-state index in [2.05, 4.69) is 29.6 Å². The highest BCUT2D eigenvalue weighted by molar-refractivity contribution is 5.80. The van der Waals surface area contributed by atoms with Gasteiger partial charge in [0.2, 0.25) is 0 Å². The van der Waals surface area contributed by atoms with Crippen LogP contribution in [-0.4, -0.2) is 19.2 Å². The van der Waals surface area contributed by atoms with E-state index in [1.807, 2.05) is 60.7 Å². The van der Waals surface area contributed by atoms with Gasteiger partial charge in [-0.1, -0.05) is 66.7 Å². The Morgan fingerprint density at radius 2 is 1.70 bits per heavy atom. The van der Waals surface area contributed by atoms with Gasteiger partial charge in [-0.3, -0.25) is 0 Å². The van der Waals surface area contributed by atoms with E-state index in [0.717, 1.165) is 16.5 Å². The fourth-order valence-electron chi connectivity index (χ4n) is 4.08. The van der Waals surface area contributed by atoms with Crippen molar-refractivity contribution in [2.75, 3.05) is 13.2 Å². The molecule has 0 radical (unpaired) electrons. The van der Waals surface area contributed by atoms with Crippen LogP contribution in [0.4, 0.5) is 4.79 Å². The largest absolute Gasteiger partial charge is 0.464 e. The van der Waals surface area contributed by atoms with Gasteiger partial charge in [0.15, 0.2) is 0 Å². The van der Waals surface area contributed by atoms with Crippen molar-refractivity contribution in [2.45, 2.75) is 5.92 Å². The zero-order valence-electron chi connectivity index (χ0n) is 16.4. The first-order chi connectivity index (χ1) is 14.8. The number of amides is 1. The van der Waals surface area contributed by atoms with Crippen LogP contribution in [0.15, 0.2) is 89.6 Å². The average Bonchev–Trinajstić information content (AvgIpc) is 3.37. The van der Waals surface area contributed by atoms with Crippen LogP contribution in [0.5, 0.6) is 0 Å². The highest BCUT2D eigenvalue weighted by atomic mass is 16.5. The summed E-state index contributed by atoms with van der Waals surface area (Å²) in [5.74, 6) is 0.0698. The van der Waals surface area contributed by atoms with Gasteiger partial charge in [0, 0.05) is 17.8 Å². The zero-order chi connectivity index (χ0) is 20.3. The van der Waals surface area contributed by atoms with Crippen molar-refractivity contribution in [3.8, 4) is 11.1 Å². The third-order valence-electron chi connectivity index (χ3n) is 5.49. The molecule has 0 saturated carbocycles. The number of fused-ring (bicyclic) bond motifs is 4. The highest BCUT2D eigenvalue weighted by Gasteiger charge is 2.28. The van der Waals surface area contributed by atoms with Crippen LogP contribution in [0.3, 0.4) is 0 Å². The van der Waals surface area contributed by atoms with Gasteiger partial charge in [-0.2, -0.15) is 0 Å². The Bertz CT molecular complexity index is 1190. The molecule has 0 unspecified atom stereocenters. The second-order valence-corrected chi connectivity index (χ2v) is 7.33. The first-order valence-electron chi connectivity index (χ1n) is 10.0. The molecule has 5 rings (SSSR count). The van der Waals surface area contributed by atoms with Crippen LogP contribution in [0.1, 0.15) is 22.6 Å². The fraction of sp³-hybridized carbons (Fsp3) is 0.115. The van der Waals surface area contributed by atoms with Crippen LogP contribution in [0, 0.1) is 0 Å². The van der Waals surface area contributed by atoms with Crippen molar-refractivity contribution in [3.63, 3.8) is 0 Å². The number of carbonyl (C=O) groups is 1. The molecule has 0 saturated heterocycles. The number of ether oxygens (including phenoxy) is 1. The summed E-state index contributed by atoms with van der Waals surface area (Å²) in [6.07, 6.45) is 5.14. The van der Waals surface area contributed by atoms with Crippen molar-refractivity contribution in [1.29, 1.82) is 0 Å². The van der Waals surface area contributed by atoms with Crippen molar-refractivity contribution in [1.82, 2.24) is 5.32 Å². The summed E-state index contributed by atoms with van der Waals surface area (Å²) in [5.41, 5.74) is 6.78. The summed E-state index contributed by atoms with van der Waals surface area (Å²) < 4.78 is 10.9. The van der Waals surface area contributed by atoms with E-state index in [-0.39, 0.29) is 5.92 Å². The molecule has 1 aliphatic rings. The van der Waals surface area contributed by atoms with Crippen molar-refractivity contribution < 1.29 is 13.9 Å². The summed E-state index contributed by atoms with van der Waals surface area (Å²) in [7, 11) is 0. The molecule has 1 N–H and O–H groups in total. The molecule has 1 heterocycles. The van der Waals surface area contributed by atoms with Crippen molar-refractivity contribution >= 4 is 23.1 Å². The lowest BCUT2D eigenvalue weighted by atomic mass is 9.98. The van der Waals surface area contributed by atoms with E-state index in [4.69, 9.17) is 9.15 Å². The Kier molecular flexibility index (Phi) is 4.81. The molecule has 1 aromatic heterocycles. The molecule has 4 heteroatoms. The van der Waals surface area contributed by atoms with Crippen LogP contribution in [0.2, 0.25) is 0 Å². The lowest BCUT2D eigenvalue weighted by Gasteiger charge is -2.14. The van der Waals surface area contributed by atoms with E-state index >= 15 is 0 Å². The topological polar surface area (TPSA) is 51.5 Å². The zero-order valence-corrected chi connectivity index (χ0v) is 16.4. The highest BCUT2D eigenvalue weighted by Crippen LogP contribution is 2.44. The fourth-order valence-corrected chi connectivity index (χ4v) is 4.08. The molecule has 0 atom stereocenters.